The van der Waals surface area contributed by atoms with E-state index in [1.54, 1.807) is 0 Å². The van der Waals surface area contributed by atoms with Crippen LogP contribution in [0.2, 0.25) is 0 Å². The lowest BCUT2D eigenvalue weighted by Crippen LogP contribution is -2.54. The third-order valence-electron chi connectivity index (χ3n) is 13.7. The Morgan fingerprint density at radius 3 is 1.03 bits per heavy atom. The van der Waals surface area contributed by atoms with Crippen LogP contribution in [0.5, 0.6) is 0 Å². The molecule has 0 aromatic carbocycles. The van der Waals surface area contributed by atoms with E-state index in [1.807, 2.05) is 0 Å². The molecule has 0 aliphatic heterocycles. The molecule has 0 bridgehead atoms. The number of rotatable bonds is 31. The Kier molecular flexibility index (Phi) is 41.6. The molecule has 5 nitrogen and oxygen atoms in total. The predicted molar refractivity (Wildman–Crippen MR) is 276 cm³/mol. The first-order valence-corrected chi connectivity index (χ1v) is 26.9. The van der Waals surface area contributed by atoms with Crippen LogP contribution in [-0.2, 0) is 0 Å². The maximum Gasteiger partial charge on any atom is 0.0223 e. The zero-order valence-corrected chi connectivity index (χ0v) is 43.4. The Labute approximate surface area is 381 Å². The number of hydrogen-bond donors (Lipinski definition) is 5. The summed E-state index contributed by atoms with van der Waals surface area (Å²) in [6.07, 6.45) is 31.2. The van der Waals surface area contributed by atoms with Crippen molar-refractivity contribution >= 4 is 0 Å². The topological polar surface area (TPSA) is 60.1 Å². The smallest absolute Gasteiger partial charge is 0.0223 e. The van der Waals surface area contributed by atoms with Crippen LogP contribution in [0.15, 0.2) is 0 Å². The van der Waals surface area contributed by atoms with E-state index in [1.165, 1.54) is 167 Å². The van der Waals surface area contributed by atoms with Crippen LogP contribution >= 0.6 is 0 Å². The second-order valence-corrected chi connectivity index (χ2v) is 21.4. The summed E-state index contributed by atoms with van der Waals surface area (Å²) < 4.78 is 0. The van der Waals surface area contributed by atoms with Crippen molar-refractivity contribution < 1.29 is 0 Å². The van der Waals surface area contributed by atoms with Gasteiger partial charge in [0.05, 0.1) is 0 Å². The highest BCUT2D eigenvalue weighted by Gasteiger charge is 2.27. The van der Waals surface area contributed by atoms with Gasteiger partial charge in [-0.2, -0.15) is 0 Å². The molecule has 0 aromatic rings. The first kappa shape index (κ1) is 61.9. The Hall–Kier alpha value is -0.200. The maximum absolute atomic E-state index is 3.90. The lowest BCUT2D eigenvalue weighted by molar-refractivity contribution is 0.236. The summed E-state index contributed by atoms with van der Waals surface area (Å²) in [7, 11) is 0. The van der Waals surface area contributed by atoms with Crippen molar-refractivity contribution in [1.82, 2.24) is 26.6 Å². The number of hydrogen-bond acceptors (Lipinski definition) is 5. The molecule has 2 rings (SSSR count). The summed E-state index contributed by atoms with van der Waals surface area (Å²) in [4.78, 5) is 0. The van der Waals surface area contributed by atoms with Crippen molar-refractivity contribution in [3.8, 4) is 0 Å². The van der Waals surface area contributed by atoms with E-state index >= 15 is 0 Å². The fourth-order valence-electron chi connectivity index (χ4n) is 9.97. The molecule has 0 radical (unpaired) electrons. The highest BCUT2D eigenvalue weighted by Crippen LogP contribution is 2.23. The first-order valence-electron chi connectivity index (χ1n) is 26.9. The molecule has 0 heterocycles. The molecule has 8 unspecified atom stereocenters. The summed E-state index contributed by atoms with van der Waals surface area (Å²) in [6.45, 7) is 38.5. The van der Waals surface area contributed by atoms with E-state index in [-0.39, 0.29) is 7.43 Å². The largest absolute Gasteiger partial charge is 0.314 e. The molecular weight excluding hydrogens is 731 g/mol. The molecule has 364 valence electrons. The molecule has 8 atom stereocenters. The van der Waals surface area contributed by atoms with Crippen molar-refractivity contribution in [2.24, 2.45) is 35.5 Å². The standard InChI is InChI=1S/C22H46N2.C18H38N2.C14H31N.CH4/c1-5-9-11-19(7-3)17-23-21-13-15-22(16-14-21)24-18-20(8-4)12-10-6-2;1-13(2)11-15(5)19-17-9-7-8-10-18(17)20-16(6)12-14(3)4;1-6-8-9-14(7-2)11-15-13(5)10-12(3)4;/h19-24H,5-18H2,1-4H3;13-20H,7-12H2,1-6H3;12-15H,6-11H2,1-5H3;1H4. The van der Waals surface area contributed by atoms with E-state index in [0.29, 0.717) is 30.2 Å². The summed E-state index contributed by atoms with van der Waals surface area (Å²) in [5.41, 5.74) is 0. The van der Waals surface area contributed by atoms with Gasteiger partial charge in [0, 0.05) is 42.3 Å². The van der Waals surface area contributed by atoms with Crippen LogP contribution in [0.3, 0.4) is 0 Å². The molecule has 0 spiro atoms. The average Bonchev–Trinajstić information content (AvgIpc) is 3.19. The minimum atomic E-state index is 0. The third-order valence-corrected chi connectivity index (χ3v) is 13.7. The number of unbranched alkanes of at least 4 members (excludes halogenated alkanes) is 3. The minimum Gasteiger partial charge on any atom is -0.314 e. The van der Waals surface area contributed by atoms with Crippen LogP contribution in [0.25, 0.3) is 0 Å². The molecular formula is C55H119N5. The van der Waals surface area contributed by atoms with Crippen LogP contribution in [0.1, 0.15) is 259 Å². The Bertz CT molecular complexity index is 815. The molecule has 2 aliphatic rings. The first-order chi connectivity index (χ1) is 28.2. The normalized spacial score (nSPS) is 22.5. The van der Waals surface area contributed by atoms with Crippen molar-refractivity contribution in [2.45, 2.75) is 301 Å². The highest BCUT2D eigenvalue weighted by molar-refractivity contribution is 4.89. The summed E-state index contributed by atoms with van der Waals surface area (Å²) >= 11 is 0. The highest BCUT2D eigenvalue weighted by atomic mass is 15.1. The molecule has 0 saturated heterocycles. The van der Waals surface area contributed by atoms with E-state index in [4.69, 9.17) is 0 Å². The van der Waals surface area contributed by atoms with Gasteiger partial charge < -0.3 is 26.6 Å². The van der Waals surface area contributed by atoms with Crippen LogP contribution in [0, 0.1) is 35.5 Å². The van der Waals surface area contributed by atoms with E-state index < -0.39 is 0 Å². The van der Waals surface area contributed by atoms with E-state index in [9.17, 15) is 0 Å². The molecule has 60 heavy (non-hydrogen) atoms. The van der Waals surface area contributed by atoms with Crippen LogP contribution < -0.4 is 26.6 Å². The molecule has 0 aromatic heterocycles. The molecule has 2 aliphatic carbocycles. The molecule has 0 amide bonds. The van der Waals surface area contributed by atoms with Gasteiger partial charge in [-0.1, -0.05) is 161 Å². The van der Waals surface area contributed by atoms with Gasteiger partial charge in [-0.15, -0.1) is 0 Å². The average molecular weight is 851 g/mol. The quantitative estimate of drug-likeness (QED) is 0.0481. The van der Waals surface area contributed by atoms with E-state index in [2.05, 4.69) is 130 Å². The summed E-state index contributed by atoms with van der Waals surface area (Å²) in [5, 5.41) is 19.2. The maximum atomic E-state index is 3.90. The minimum absolute atomic E-state index is 0. The lowest BCUT2D eigenvalue weighted by atomic mass is 9.88. The van der Waals surface area contributed by atoms with Gasteiger partial charge in [-0.05, 0) is 153 Å². The molecule has 5 heteroatoms. The van der Waals surface area contributed by atoms with Gasteiger partial charge in [0.1, 0.15) is 0 Å². The van der Waals surface area contributed by atoms with Crippen molar-refractivity contribution in [2.75, 3.05) is 19.6 Å². The molecule has 5 N–H and O–H groups in total. The van der Waals surface area contributed by atoms with Gasteiger partial charge in [-0.25, -0.2) is 0 Å². The summed E-state index contributed by atoms with van der Waals surface area (Å²) in [5.74, 6) is 5.05. The van der Waals surface area contributed by atoms with Crippen molar-refractivity contribution in [3.63, 3.8) is 0 Å². The Balaban J connectivity index is 0. The monoisotopic (exact) mass is 850 g/mol. The van der Waals surface area contributed by atoms with Gasteiger partial charge in [0.15, 0.2) is 0 Å². The zero-order valence-electron chi connectivity index (χ0n) is 43.4. The SMILES string of the molecule is C.CC(C)CC(C)NC1CCCCC1NC(C)CC(C)C.CCCCC(CC)CNC(C)CC(C)C.CCCCC(CC)CNC1CCC(NCC(CC)CCCC)CC1. The third kappa shape index (κ3) is 34.2. The second kappa shape index (κ2) is 40.3. The number of nitrogens with one attached hydrogen (secondary N) is 5. The zero-order chi connectivity index (χ0) is 44.4. The summed E-state index contributed by atoms with van der Waals surface area (Å²) in [6, 6.07) is 4.87. The van der Waals surface area contributed by atoms with Crippen LogP contribution in [0.4, 0.5) is 0 Å². The van der Waals surface area contributed by atoms with Gasteiger partial charge in [-0.3, -0.25) is 0 Å². The van der Waals surface area contributed by atoms with Gasteiger partial charge >= 0.3 is 0 Å². The fraction of sp³-hybridized carbons (Fsp3) is 1.00. The van der Waals surface area contributed by atoms with Crippen molar-refractivity contribution in [3.05, 3.63) is 0 Å². The predicted octanol–water partition coefficient (Wildman–Crippen LogP) is 15.1. The van der Waals surface area contributed by atoms with Crippen LogP contribution in [-0.4, -0.2) is 61.9 Å². The lowest BCUT2D eigenvalue weighted by Gasteiger charge is -2.37. The fourth-order valence-corrected chi connectivity index (χ4v) is 9.97. The van der Waals surface area contributed by atoms with Crippen molar-refractivity contribution in [1.29, 1.82) is 0 Å². The second-order valence-electron chi connectivity index (χ2n) is 21.4. The van der Waals surface area contributed by atoms with Gasteiger partial charge in [0.25, 0.3) is 0 Å². The molecule has 2 saturated carbocycles. The Morgan fingerprint density at radius 1 is 0.417 bits per heavy atom. The van der Waals surface area contributed by atoms with Gasteiger partial charge in [0.2, 0.25) is 0 Å². The van der Waals surface area contributed by atoms with E-state index in [0.717, 1.165) is 47.6 Å². The molecule has 2 fully saturated rings. The Morgan fingerprint density at radius 2 is 0.733 bits per heavy atom.